The van der Waals surface area contributed by atoms with Crippen molar-refractivity contribution in [1.29, 1.82) is 0 Å². The number of aromatic nitrogens is 2. The topological polar surface area (TPSA) is 37.8 Å². The summed E-state index contributed by atoms with van der Waals surface area (Å²) in [7, 11) is 0. The molecule has 0 radical (unpaired) electrons. The van der Waals surface area contributed by atoms with E-state index in [0.29, 0.717) is 0 Å². The molecule has 94 valence electrons. The lowest BCUT2D eigenvalue weighted by Gasteiger charge is -2.18. The molecule has 0 spiro atoms. The van der Waals surface area contributed by atoms with Crippen LogP contribution >= 0.6 is 0 Å². The van der Waals surface area contributed by atoms with E-state index in [2.05, 4.69) is 53.4 Å². The fourth-order valence-corrected chi connectivity index (χ4v) is 2.10. The minimum Gasteiger partial charge on any atom is -0.310 e. The van der Waals surface area contributed by atoms with E-state index >= 15 is 0 Å². The predicted molar refractivity (Wildman–Crippen MR) is 73.3 cm³/mol. The fourth-order valence-electron chi connectivity index (χ4n) is 2.10. The van der Waals surface area contributed by atoms with Gasteiger partial charge in [-0.15, -0.1) is 0 Å². The smallest absolute Gasteiger partial charge is 0.115 e. The zero-order valence-corrected chi connectivity index (χ0v) is 10.9. The number of aryl methyl sites for hydroxylation is 1. The van der Waals surface area contributed by atoms with Crippen molar-refractivity contribution in [3.8, 4) is 0 Å². The normalized spacial score (nSPS) is 12.3. The first-order valence-corrected chi connectivity index (χ1v) is 6.34. The standard InChI is InChI=1S/C15H19N3/c1-3-18-15(14-9-16-11-17-10-14)8-13-7-5-4-6-12(13)2/h4-7,9-11,15,18H,3,8H2,1-2H3. The summed E-state index contributed by atoms with van der Waals surface area (Å²) in [6.07, 6.45) is 6.31. The van der Waals surface area contributed by atoms with Gasteiger partial charge in [-0.25, -0.2) is 9.97 Å². The largest absolute Gasteiger partial charge is 0.310 e. The molecule has 1 heterocycles. The highest BCUT2D eigenvalue weighted by Crippen LogP contribution is 2.19. The third-order valence-corrected chi connectivity index (χ3v) is 3.12. The first kappa shape index (κ1) is 12.7. The molecular weight excluding hydrogens is 222 g/mol. The molecule has 1 aromatic carbocycles. The van der Waals surface area contributed by atoms with E-state index in [1.165, 1.54) is 11.1 Å². The Kier molecular flexibility index (Phi) is 4.42. The summed E-state index contributed by atoms with van der Waals surface area (Å²) in [5.74, 6) is 0. The van der Waals surface area contributed by atoms with Crippen molar-refractivity contribution in [3.05, 3.63) is 59.7 Å². The number of hydrogen-bond acceptors (Lipinski definition) is 3. The Labute approximate surface area is 108 Å². The van der Waals surface area contributed by atoms with Crippen LogP contribution in [0.3, 0.4) is 0 Å². The fraction of sp³-hybridized carbons (Fsp3) is 0.333. The maximum atomic E-state index is 4.10. The lowest BCUT2D eigenvalue weighted by atomic mass is 9.98. The van der Waals surface area contributed by atoms with Crippen molar-refractivity contribution in [1.82, 2.24) is 15.3 Å². The molecule has 0 bridgehead atoms. The van der Waals surface area contributed by atoms with E-state index < -0.39 is 0 Å². The lowest BCUT2D eigenvalue weighted by molar-refractivity contribution is 0.545. The van der Waals surface area contributed by atoms with Gasteiger partial charge in [-0.1, -0.05) is 31.2 Å². The van der Waals surface area contributed by atoms with Gasteiger partial charge < -0.3 is 5.32 Å². The van der Waals surface area contributed by atoms with Gasteiger partial charge in [0.2, 0.25) is 0 Å². The molecule has 0 saturated carbocycles. The number of likely N-dealkylation sites (N-methyl/N-ethyl adjacent to an activating group) is 1. The van der Waals surface area contributed by atoms with Crippen LogP contribution < -0.4 is 5.32 Å². The van der Waals surface area contributed by atoms with Crippen LogP contribution in [0.5, 0.6) is 0 Å². The van der Waals surface area contributed by atoms with Gasteiger partial charge in [0.1, 0.15) is 6.33 Å². The Morgan fingerprint density at radius 3 is 2.56 bits per heavy atom. The monoisotopic (exact) mass is 241 g/mol. The van der Waals surface area contributed by atoms with Crippen molar-refractivity contribution in [2.45, 2.75) is 26.3 Å². The molecular formula is C15H19N3. The summed E-state index contributed by atoms with van der Waals surface area (Å²) in [6, 6.07) is 8.78. The molecule has 1 atom stereocenters. The van der Waals surface area contributed by atoms with Gasteiger partial charge in [-0.3, -0.25) is 0 Å². The maximum absolute atomic E-state index is 4.10. The molecule has 2 aromatic rings. The Bertz CT molecular complexity index is 482. The second-order valence-corrected chi connectivity index (χ2v) is 4.41. The zero-order chi connectivity index (χ0) is 12.8. The Balaban J connectivity index is 2.19. The third-order valence-electron chi connectivity index (χ3n) is 3.12. The SMILES string of the molecule is CCNC(Cc1ccccc1C)c1cncnc1. The zero-order valence-electron chi connectivity index (χ0n) is 10.9. The molecule has 0 aliphatic carbocycles. The van der Waals surface area contributed by atoms with Crippen molar-refractivity contribution < 1.29 is 0 Å². The van der Waals surface area contributed by atoms with Crippen LogP contribution in [0.2, 0.25) is 0 Å². The first-order chi connectivity index (χ1) is 8.81. The number of hydrogen-bond donors (Lipinski definition) is 1. The quantitative estimate of drug-likeness (QED) is 0.874. The molecule has 1 unspecified atom stereocenters. The van der Waals surface area contributed by atoms with Crippen LogP contribution in [0.4, 0.5) is 0 Å². The highest BCUT2D eigenvalue weighted by atomic mass is 14.9. The highest BCUT2D eigenvalue weighted by Gasteiger charge is 2.12. The Morgan fingerprint density at radius 2 is 1.89 bits per heavy atom. The van der Waals surface area contributed by atoms with E-state index in [9.17, 15) is 0 Å². The molecule has 0 fully saturated rings. The molecule has 3 nitrogen and oxygen atoms in total. The summed E-state index contributed by atoms with van der Waals surface area (Å²) < 4.78 is 0. The van der Waals surface area contributed by atoms with Crippen LogP contribution in [0.1, 0.15) is 29.7 Å². The van der Waals surface area contributed by atoms with E-state index in [0.717, 1.165) is 18.5 Å². The summed E-state index contributed by atoms with van der Waals surface area (Å²) in [5.41, 5.74) is 3.84. The second-order valence-electron chi connectivity index (χ2n) is 4.41. The van der Waals surface area contributed by atoms with Crippen molar-refractivity contribution >= 4 is 0 Å². The third kappa shape index (κ3) is 3.14. The number of nitrogens with one attached hydrogen (secondary N) is 1. The van der Waals surface area contributed by atoms with Gasteiger partial charge in [-0.05, 0) is 31.0 Å². The molecule has 0 saturated heterocycles. The number of benzene rings is 1. The van der Waals surface area contributed by atoms with Gasteiger partial charge in [0, 0.05) is 24.0 Å². The predicted octanol–water partition coefficient (Wildman–Crippen LogP) is 2.68. The molecule has 0 amide bonds. The summed E-state index contributed by atoms with van der Waals surface area (Å²) >= 11 is 0. The van der Waals surface area contributed by atoms with E-state index in [4.69, 9.17) is 0 Å². The second kappa shape index (κ2) is 6.26. The van der Waals surface area contributed by atoms with E-state index in [1.807, 2.05) is 12.4 Å². The number of rotatable bonds is 5. The van der Waals surface area contributed by atoms with Crippen LogP contribution in [0.15, 0.2) is 43.0 Å². The minimum atomic E-state index is 0.275. The maximum Gasteiger partial charge on any atom is 0.115 e. The molecule has 18 heavy (non-hydrogen) atoms. The molecule has 3 heteroatoms. The molecule has 0 aliphatic rings. The van der Waals surface area contributed by atoms with Gasteiger partial charge >= 0.3 is 0 Å². The summed E-state index contributed by atoms with van der Waals surface area (Å²) in [6.45, 7) is 5.21. The van der Waals surface area contributed by atoms with Gasteiger partial charge in [0.15, 0.2) is 0 Å². The average molecular weight is 241 g/mol. The summed E-state index contributed by atoms with van der Waals surface area (Å²) in [5, 5.41) is 3.49. The minimum absolute atomic E-state index is 0.275. The van der Waals surface area contributed by atoms with Gasteiger partial charge in [0.25, 0.3) is 0 Å². The Hall–Kier alpha value is -1.74. The van der Waals surface area contributed by atoms with Gasteiger partial charge in [-0.2, -0.15) is 0 Å². The van der Waals surface area contributed by atoms with Crippen LogP contribution in [0.25, 0.3) is 0 Å². The van der Waals surface area contributed by atoms with Crippen LogP contribution in [-0.2, 0) is 6.42 Å². The van der Waals surface area contributed by atoms with E-state index in [1.54, 1.807) is 6.33 Å². The van der Waals surface area contributed by atoms with Crippen LogP contribution in [-0.4, -0.2) is 16.5 Å². The van der Waals surface area contributed by atoms with Crippen LogP contribution in [0, 0.1) is 6.92 Å². The van der Waals surface area contributed by atoms with E-state index in [-0.39, 0.29) is 6.04 Å². The number of nitrogens with zero attached hydrogens (tertiary/aromatic N) is 2. The van der Waals surface area contributed by atoms with Crippen molar-refractivity contribution in [3.63, 3.8) is 0 Å². The average Bonchev–Trinajstić information content (AvgIpc) is 2.42. The molecule has 2 rings (SSSR count). The van der Waals surface area contributed by atoms with Crippen molar-refractivity contribution in [2.75, 3.05) is 6.54 Å². The molecule has 0 aliphatic heterocycles. The summed E-state index contributed by atoms with van der Waals surface area (Å²) in [4.78, 5) is 8.20. The lowest BCUT2D eigenvalue weighted by Crippen LogP contribution is -2.23. The van der Waals surface area contributed by atoms with Gasteiger partial charge in [0.05, 0.1) is 0 Å². The Morgan fingerprint density at radius 1 is 1.17 bits per heavy atom. The molecule has 1 aromatic heterocycles. The highest BCUT2D eigenvalue weighted by molar-refractivity contribution is 5.28. The van der Waals surface area contributed by atoms with Crippen molar-refractivity contribution in [2.24, 2.45) is 0 Å². The first-order valence-electron chi connectivity index (χ1n) is 6.34. The molecule has 1 N–H and O–H groups in total.